The normalized spacial score (nSPS) is 12.4. The van der Waals surface area contributed by atoms with E-state index in [-0.39, 0.29) is 0 Å². The summed E-state index contributed by atoms with van der Waals surface area (Å²) in [5, 5.41) is 13.3. The van der Waals surface area contributed by atoms with E-state index in [9.17, 15) is 0 Å². The van der Waals surface area contributed by atoms with E-state index >= 15 is 0 Å². The highest BCUT2D eigenvalue weighted by Crippen LogP contribution is 2.47. The average molecular weight is 635 g/mol. The smallest absolute Gasteiger partial charge is 0.235 e. The first-order valence-electron chi connectivity index (χ1n) is 17.1. The van der Waals surface area contributed by atoms with Crippen LogP contribution >= 0.6 is 0 Å². The molecule has 0 saturated heterocycles. The number of benzene rings is 8. The van der Waals surface area contributed by atoms with Gasteiger partial charge in [-0.2, -0.15) is 0 Å². The van der Waals surface area contributed by atoms with Crippen molar-refractivity contribution in [1.82, 2.24) is 18.9 Å². The van der Waals surface area contributed by atoms with Crippen LogP contribution in [0, 0.1) is 0 Å². The SMILES string of the molecule is c1ccc2cc(-c3nc(-n4c5ccccc5c5cc6c7ccc8ccccc8c7n7c8ccccc8c(c54)c67)nc4ccccc34)ccc2c1. The predicted molar refractivity (Wildman–Crippen MR) is 209 cm³/mol. The zero-order chi connectivity index (χ0) is 32.5. The van der Waals surface area contributed by atoms with Gasteiger partial charge < -0.3 is 4.40 Å². The van der Waals surface area contributed by atoms with Gasteiger partial charge in [0.1, 0.15) is 0 Å². The van der Waals surface area contributed by atoms with Gasteiger partial charge in [-0.25, -0.2) is 9.97 Å². The molecule has 0 bridgehead atoms. The molecule has 12 rings (SSSR count). The van der Waals surface area contributed by atoms with Gasteiger partial charge in [-0.3, -0.25) is 4.57 Å². The van der Waals surface area contributed by atoms with E-state index in [1.54, 1.807) is 0 Å². The van der Waals surface area contributed by atoms with Crippen LogP contribution in [0.15, 0.2) is 158 Å². The number of nitrogens with zero attached hydrogens (tertiary/aromatic N) is 4. The van der Waals surface area contributed by atoms with E-state index in [0.717, 1.165) is 33.2 Å². The summed E-state index contributed by atoms with van der Waals surface area (Å²) in [7, 11) is 0. The molecule has 0 radical (unpaired) electrons. The zero-order valence-corrected chi connectivity index (χ0v) is 26.8. The Kier molecular flexibility index (Phi) is 4.94. The van der Waals surface area contributed by atoms with E-state index in [0.29, 0.717) is 5.95 Å². The summed E-state index contributed by atoms with van der Waals surface area (Å²) in [4.78, 5) is 10.8. The third-order valence-electron chi connectivity index (χ3n) is 10.8. The molecule has 4 heterocycles. The third-order valence-corrected chi connectivity index (χ3v) is 10.8. The summed E-state index contributed by atoms with van der Waals surface area (Å²) in [5.74, 6) is 0.672. The molecule has 0 amide bonds. The van der Waals surface area contributed by atoms with Crippen molar-refractivity contribution in [2.75, 3.05) is 0 Å². The second-order valence-electron chi connectivity index (χ2n) is 13.4. The summed E-state index contributed by atoms with van der Waals surface area (Å²) in [6, 6.07) is 56.8. The van der Waals surface area contributed by atoms with Gasteiger partial charge in [-0.15, -0.1) is 0 Å². The lowest BCUT2D eigenvalue weighted by Gasteiger charge is -2.13. The minimum absolute atomic E-state index is 0.672. The van der Waals surface area contributed by atoms with Gasteiger partial charge in [0.05, 0.1) is 38.8 Å². The van der Waals surface area contributed by atoms with Crippen LogP contribution in [-0.4, -0.2) is 18.9 Å². The Hall–Kier alpha value is -6.78. The van der Waals surface area contributed by atoms with Gasteiger partial charge >= 0.3 is 0 Å². The van der Waals surface area contributed by atoms with Crippen LogP contribution in [0.3, 0.4) is 0 Å². The highest BCUT2D eigenvalue weighted by Gasteiger charge is 2.26. The fourth-order valence-electron chi connectivity index (χ4n) is 8.68. The van der Waals surface area contributed by atoms with Crippen molar-refractivity contribution in [3.63, 3.8) is 0 Å². The Morgan fingerprint density at radius 2 is 1.04 bits per heavy atom. The predicted octanol–water partition coefficient (Wildman–Crippen LogP) is 11.9. The zero-order valence-electron chi connectivity index (χ0n) is 26.8. The van der Waals surface area contributed by atoms with Crippen LogP contribution in [0.25, 0.3) is 110 Å². The Morgan fingerprint density at radius 1 is 0.380 bits per heavy atom. The van der Waals surface area contributed by atoms with Crippen molar-refractivity contribution in [2.24, 2.45) is 0 Å². The van der Waals surface area contributed by atoms with Crippen molar-refractivity contribution in [2.45, 2.75) is 0 Å². The molecule has 0 spiro atoms. The molecule has 0 unspecified atom stereocenters. The first kappa shape index (κ1) is 26.2. The van der Waals surface area contributed by atoms with Gasteiger partial charge in [0.15, 0.2) is 0 Å². The second-order valence-corrected chi connectivity index (χ2v) is 13.4. The monoisotopic (exact) mass is 634 g/mol. The first-order valence-corrected chi connectivity index (χ1v) is 17.1. The molecule has 50 heavy (non-hydrogen) atoms. The quantitative estimate of drug-likeness (QED) is 0.190. The minimum atomic E-state index is 0.672. The maximum Gasteiger partial charge on any atom is 0.235 e. The Bertz CT molecular complexity index is 3380. The standard InChI is InChI=1S/C46H26N4/c1-2-13-29-25-30(22-21-27(29)11-1)42-34-16-5-8-18-38(34)47-46(48-42)50-39-19-9-6-15-32(39)36-26-37-33-24-23-28-12-3-4-14-31(28)43(33)49-40-20-10-7-17-35(40)41(44(37)49)45(36)50/h1-26H. The maximum absolute atomic E-state index is 5.48. The highest BCUT2D eigenvalue weighted by atomic mass is 15.2. The topological polar surface area (TPSA) is 35.1 Å². The molecular weight excluding hydrogens is 609 g/mol. The lowest BCUT2D eigenvalue weighted by Crippen LogP contribution is -2.03. The number of aromatic nitrogens is 4. The van der Waals surface area contributed by atoms with Gasteiger partial charge in [-0.05, 0) is 46.5 Å². The van der Waals surface area contributed by atoms with E-state index in [4.69, 9.17) is 9.97 Å². The maximum atomic E-state index is 5.48. The van der Waals surface area contributed by atoms with E-state index in [2.05, 4.69) is 167 Å². The van der Waals surface area contributed by atoms with Crippen LogP contribution < -0.4 is 0 Å². The molecule has 0 aliphatic heterocycles. The molecule has 4 heteroatoms. The summed E-state index contributed by atoms with van der Waals surface area (Å²) in [6.45, 7) is 0. The van der Waals surface area contributed by atoms with Crippen molar-refractivity contribution in [3.05, 3.63) is 158 Å². The van der Waals surface area contributed by atoms with E-state index < -0.39 is 0 Å². The van der Waals surface area contributed by atoms with Crippen molar-refractivity contribution >= 4 is 92.3 Å². The lowest BCUT2D eigenvalue weighted by molar-refractivity contribution is 1.02. The van der Waals surface area contributed by atoms with E-state index in [1.165, 1.54) is 70.4 Å². The molecule has 0 atom stereocenters. The number of hydrogen-bond acceptors (Lipinski definition) is 2. The van der Waals surface area contributed by atoms with Crippen LogP contribution in [-0.2, 0) is 0 Å². The molecule has 0 fully saturated rings. The molecule has 8 aromatic carbocycles. The van der Waals surface area contributed by atoms with Gasteiger partial charge in [0.25, 0.3) is 0 Å². The molecule has 12 aromatic rings. The number of fused-ring (bicyclic) bond motifs is 14. The summed E-state index contributed by atoms with van der Waals surface area (Å²) >= 11 is 0. The summed E-state index contributed by atoms with van der Waals surface area (Å²) < 4.78 is 4.82. The van der Waals surface area contributed by atoms with Crippen LogP contribution in [0.2, 0.25) is 0 Å². The third kappa shape index (κ3) is 3.30. The van der Waals surface area contributed by atoms with Gasteiger partial charge in [-0.1, -0.05) is 127 Å². The minimum Gasteiger partial charge on any atom is -0.307 e. The second kappa shape index (κ2) is 9.43. The van der Waals surface area contributed by atoms with Crippen molar-refractivity contribution < 1.29 is 0 Å². The van der Waals surface area contributed by atoms with Gasteiger partial charge in [0.2, 0.25) is 5.95 Å². The summed E-state index contributed by atoms with van der Waals surface area (Å²) in [5.41, 5.74) is 8.87. The average Bonchev–Trinajstić information content (AvgIpc) is 3.82. The molecule has 4 aromatic heterocycles. The first-order chi connectivity index (χ1) is 24.8. The molecule has 230 valence electrons. The van der Waals surface area contributed by atoms with E-state index in [1.807, 2.05) is 0 Å². The van der Waals surface area contributed by atoms with Crippen LogP contribution in [0.5, 0.6) is 0 Å². The van der Waals surface area contributed by atoms with Crippen molar-refractivity contribution in [1.29, 1.82) is 0 Å². The summed E-state index contributed by atoms with van der Waals surface area (Å²) in [6.07, 6.45) is 0. The Labute approximate surface area is 285 Å². The molecule has 0 aliphatic rings. The molecular formula is C46H26N4. The number of para-hydroxylation sites is 3. The fourth-order valence-corrected chi connectivity index (χ4v) is 8.68. The molecule has 0 N–H and O–H groups in total. The van der Waals surface area contributed by atoms with Gasteiger partial charge in [0, 0.05) is 48.7 Å². The lowest BCUT2D eigenvalue weighted by atomic mass is 10.0. The Balaban J connectivity index is 1.29. The molecule has 4 nitrogen and oxygen atoms in total. The Morgan fingerprint density at radius 3 is 1.92 bits per heavy atom. The van der Waals surface area contributed by atoms with Crippen LogP contribution in [0.1, 0.15) is 0 Å². The molecule has 0 saturated carbocycles. The highest BCUT2D eigenvalue weighted by molar-refractivity contribution is 6.35. The number of rotatable bonds is 2. The van der Waals surface area contributed by atoms with Crippen LogP contribution in [0.4, 0.5) is 0 Å². The molecule has 0 aliphatic carbocycles. The van der Waals surface area contributed by atoms with Crippen molar-refractivity contribution in [3.8, 4) is 17.2 Å². The number of hydrogen-bond donors (Lipinski definition) is 0. The largest absolute Gasteiger partial charge is 0.307 e. The fraction of sp³-hybridized carbons (Fsp3) is 0.